The van der Waals surface area contributed by atoms with Gasteiger partial charge in [0.1, 0.15) is 5.75 Å². The molecule has 0 saturated carbocycles. The third-order valence-electron chi connectivity index (χ3n) is 2.68. The van der Waals surface area contributed by atoms with E-state index in [-0.39, 0.29) is 0 Å². The summed E-state index contributed by atoms with van der Waals surface area (Å²) in [6.45, 7) is 5.52. The van der Waals surface area contributed by atoms with E-state index in [0.29, 0.717) is 6.54 Å². The van der Waals surface area contributed by atoms with E-state index in [9.17, 15) is 0 Å². The van der Waals surface area contributed by atoms with Crippen molar-refractivity contribution in [1.29, 1.82) is 0 Å². The number of nitrogens with one attached hydrogen (secondary N) is 1. The summed E-state index contributed by atoms with van der Waals surface area (Å²) in [4.78, 5) is 8.29. The minimum Gasteiger partial charge on any atom is -0.491 e. The minimum absolute atomic E-state index is 0.638. The van der Waals surface area contributed by atoms with E-state index >= 15 is 0 Å². The Morgan fingerprint density at radius 2 is 2.16 bits per heavy atom. The van der Waals surface area contributed by atoms with E-state index in [1.54, 1.807) is 18.6 Å². The summed E-state index contributed by atoms with van der Waals surface area (Å²) in [6.07, 6.45) is 6.12. The minimum atomic E-state index is 0.638. The second kappa shape index (κ2) is 6.73. The fourth-order valence-corrected chi connectivity index (χ4v) is 1.71. The van der Waals surface area contributed by atoms with E-state index in [1.807, 2.05) is 6.07 Å². The van der Waals surface area contributed by atoms with Gasteiger partial charge in [-0.25, -0.2) is 0 Å². The van der Waals surface area contributed by atoms with Gasteiger partial charge in [0.25, 0.3) is 0 Å². The first-order valence-corrected chi connectivity index (χ1v) is 6.52. The van der Waals surface area contributed by atoms with Crippen molar-refractivity contribution in [2.45, 2.75) is 26.8 Å². The van der Waals surface area contributed by atoms with Gasteiger partial charge in [-0.3, -0.25) is 9.97 Å². The number of aromatic nitrogens is 2. The fraction of sp³-hybridized carbons (Fsp3) is 0.333. The SMILES string of the molecule is CCCOc1cc(C)ccc1NCc1cnccn1. The first-order valence-electron chi connectivity index (χ1n) is 6.52. The highest BCUT2D eigenvalue weighted by Crippen LogP contribution is 2.26. The molecule has 19 heavy (non-hydrogen) atoms. The molecule has 1 aromatic carbocycles. The molecule has 1 aromatic heterocycles. The molecule has 0 spiro atoms. The van der Waals surface area contributed by atoms with Crippen LogP contribution in [0.4, 0.5) is 5.69 Å². The van der Waals surface area contributed by atoms with Gasteiger partial charge in [0.05, 0.1) is 30.7 Å². The van der Waals surface area contributed by atoms with E-state index < -0.39 is 0 Å². The Balaban J connectivity index is 2.06. The monoisotopic (exact) mass is 257 g/mol. The number of rotatable bonds is 6. The van der Waals surface area contributed by atoms with Gasteiger partial charge in [-0.15, -0.1) is 0 Å². The normalized spacial score (nSPS) is 10.2. The van der Waals surface area contributed by atoms with Crippen LogP contribution in [0.3, 0.4) is 0 Å². The Bertz CT molecular complexity index is 514. The van der Waals surface area contributed by atoms with Crippen molar-refractivity contribution in [2.24, 2.45) is 0 Å². The quantitative estimate of drug-likeness (QED) is 0.863. The van der Waals surface area contributed by atoms with Gasteiger partial charge in [0, 0.05) is 12.4 Å². The molecule has 1 heterocycles. The largest absolute Gasteiger partial charge is 0.491 e. The lowest BCUT2D eigenvalue weighted by molar-refractivity contribution is 0.318. The highest BCUT2D eigenvalue weighted by Gasteiger charge is 2.04. The molecule has 2 aromatic rings. The van der Waals surface area contributed by atoms with E-state index in [2.05, 4.69) is 41.3 Å². The molecule has 0 saturated heterocycles. The number of ether oxygens (including phenoxy) is 1. The summed E-state index contributed by atoms with van der Waals surface area (Å²) >= 11 is 0. The van der Waals surface area contributed by atoms with Gasteiger partial charge in [-0.05, 0) is 31.0 Å². The first kappa shape index (κ1) is 13.3. The van der Waals surface area contributed by atoms with Crippen molar-refractivity contribution in [1.82, 2.24) is 9.97 Å². The smallest absolute Gasteiger partial charge is 0.142 e. The van der Waals surface area contributed by atoms with Crippen LogP contribution in [0.25, 0.3) is 0 Å². The van der Waals surface area contributed by atoms with Gasteiger partial charge in [0.2, 0.25) is 0 Å². The number of anilines is 1. The van der Waals surface area contributed by atoms with Crippen molar-refractivity contribution in [3.05, 3.63) is 48.0 Å². The molecule has 0 atom stereocenters. The van der Waals surface area contributed by atoms with Crippen molar-refractivity contribution in [3.8, 4) is 5.75 Å². The lowest BCUT2D eigenvalue weighted by atomic mass is 10.2. The molecule has 100 valence electrons. The van der Waals surface area contributed by atoms with Crippen LogP contribution in [0, 0.1) is 6.92 Å². The first-order chi connectivity index (χ1) is 9.29. The van der Waals surface area contributed by atoms with Crippen LogP contribution in [0.15, 0.2) is 36.8 Å². The van der Waals surface area contributed by atoms with Gasteiger partial charge < -0.3 is 10.1 Å². The Morgan fingerprint density at radius 1 is 1.26 bits per heavy atom. The fourth-order valence-electron chi connectivity index (χ4n) is 1.71. The zero-order valence-electron chi connectivity index (χ0n) is 11.4. The standard InChI is InChI=1S/C15H19N3O/c1-3-8-19-15-9-12(2)4-5-14(15)18-11-13-10-16-6-7-17-13/h4-7,9-10,18H,3,8,11H2,1-2H3. The highest BCUT2D eigenvalue weighted by atomic mass is 16.5. The predicted octanol–water partition coefficient (Wildman–Crippen LogP) is 3.19. The van der Waals surface area contributed by atoms with E-state index in [0.717, 1.165) is 30.2 Å². The third kappa shape index (κ3) is 3.95. The molecule has 0 fully saturated rings. The van der Waals surface area contributed by atoms with Crippen LogP contribution in [0.1, 0.15) is 24.6 Å². The molecule has 0 aliphatic heterocycles. The second-order valence-electron chi connectivity index (χ2n) is 4.40. The maximum Gasteiger partial charge on any atom is 0.142 e. The van der Waals surface area contributed by atoms with E-state index in [4.69, 9.17) is 4.74 Å². The molecular weight excluding hydrogens is 238 g/mol. The lowest BCUT2D eigenvalue weighted by Crippen LogP contribution is -2.05. The average Bonchev–Trinajstić information content (AvgIpc) is 2.45. The summed E-state index contributed by atoms with van der Waals surface area (Å²) < 4.78 is 5.76. The van der Waals surface area contributed by atoms with Crippen molar-refractivity contribution >= 4 is 5.69 Å². The molecule has 0 aliphatic rings. The number of benzene rings is 1. The van der Waals surface area contributed by atoms with E-state index in [1.165, 1.54) is 5.56 Å². The number of hydrogen-bond acceptors (Lipinski definition) is 4. The van der Waals surface area contributed by atoms with Crippen LogP contribution in [0.2, 0.25) is 0 Å². The van der Waals surface area contributed by atoms with Crippen LogP contribution >= 0.6 is 0 Å². The van der Waals surface area contributed by atoms with Crippen molar-refractivity contribution in [3.63, 3.8) is 0 Å². The molecule has 0 unspecified atom stereocenters. The topological polar surface area (TPSA) is 47.0 Å². The summed E-state index contributed by atoms with van der Waals surface area (Å²) in [6, 6.07) is 6.16. The lowest BCUT2D eigenvalue weighted by Gasteiger charge is -2.13. The predicted molar refractivity (Wildman–Crippen MR) is 76.3 cm³/mol. The maximum absolute atomic E-state index is 5.76. The number of hydrogen-bond donors (Lipinski definition) is 1. The molecular formula is C15H19N3O. The molecule has 1 N–H and O–H groups in total. The van der Waals surface area contributed by atoms with Gasteiger partial charge in [0.15, 0.2) is 0 Å². The number of aryl methyl sites for hydroxylation is 1. The van der Waals surface area contributed by atoms with Gasteiger partial charge in [-0.2, -0.15) is 0 Å². The summed E-state index contributed by atoms with van der Waals surface area (Å²) in [7, 11) is 0. The number of nitrogens with zero attached hydrogens (tertiary/aromatic N) is 2. The summed E-state index contributed by atoms with van der Waals surface area (Å²) in [5.41, 5.74) is 3.09. The van der Waals surface area contributed by atoms with Crippen LogP contribution < -0.4 is 10.1 Å². The Morgan fingerprint density at radius 3 is 2.89 bits per heavy atom. The molecule has 2 rings (SSSR count). The van der Waals surface area contributed by atoms with Gasteiger partial charge in [-0.1, -0.05) is 13.0 Å². The Kier molecular flexibility index (Phi) is 4.72. The van der Waals surface area contributed by atoms with Crippen molar-refractivity contribution in [2.75, 3.05) is 11.9 Å². The average molecular weight is 257 g/mol. The van der Waals surface area contributed by atoms with Crippen LogP contribution in [0.5, 0.6) is 5.75 Å². The van der Waals surface area contributed by atoms with Crippen molar-refractivity contribution < 1.29 is 4.74 Å². The molecule has 4 nitrogen and oxygen atoms in total. The Hall–Kier alpha value is -2.10. The van der Waals surface area contributed by atoms with Crippen LogP contribution in [-0.2, 0) is 6.54 Å². The molecule has 4 heteroatoms. The maximum atomic E-state index is 5.76. The molecule has 0 radical (unpaired) electrons. The molecule has 0 amide bonds. The Labute approximate surface area is 113 Å². The zero-order valence-corrected chi connectivity index (χ0v) is 11.4. The van der Waals surface area contributed by atoms with Crippen LogP contribution in [-0.4, -0.2) is 16.6 Å². The summed E-state index contributed by atoms with van der Waals surface area (Å²) in [5.74, 6) is 0.894. The zero-order chi connectivity index (χ0) is 13.5. The molecule has 0 aliphatic carbocycles. The second-order valence-corrected chi connectivity index (χ2v) is 4.40. The van der Waals surface area contributed by atoms with Gasteiger partial charge >= 0.3 is 0 Å². The summed E-state index contributed by atoms with van der Waals surface area (Å²) in [5, 5.41) is 3.34. The third-order valence-corrected chi connectivity index (χ3v) is 2.68. The molecule has 0 bridgehead atoms. The highest BCUT2D eigenvalue weighted by molar-refractivity contribution is 5.57.